The van der Waals surface area contributed by atoms with Crippen molar-refractivity contribution in [1.29, 1.82) is 0 Å². The fraction of sp³-hybridized carbons (Fsp3) is 0.333. The molecule has 0 bridgehead atoms. The van der Waals surface area contributed by atoms with E-state index in [9.17, 15) is 14.0 Å². The second kappa shape index (κ2) is 7.43. The van der Waals surface area contributed by atoms with Crippen LogP contribution in [0.1, 0.15) is 28.3 Å². The van der Waals surface area contributed by atoms with Crippen molar-refractivity contribution in [3.05, 3.63) is 69.9 Å². The Labute approximate surface area is 166 Å². The van der Waals surface area contributed by atoms with Crippen molar-refractivity contribution in [3.63, 3.8) is 0 Å². The lowest BCUT2D eigenvalue weighted by molar-refractivity contribution is -0.134. The number of amides is 2. The highest BCUT2D eigenvalue weighted by Crippen LogP contribution is 2.48. The molecule has 2 unspecified atom stereocenters. The van der Waals surface area contributed by atoms with Crippen molar-refractivity contribution in [2.45, 2.75) is 12.3 Å². The van der Waals surface area contributed by atoms with E-state index in [4.69, 9.17) is 0 Å². The van der Waals surface area contributed by atoms with Crippen LogP contribution in [-0.4, -0.2) is 47.8 Å². The van der Waals surface area contributed by atoms with E-state index in [0.29, 0.717) is 31.7 Å². The average Bonchev–Trinajstić information content (AvgIpc) is 3.49. The van der Waals surface area contributed by atoms with Crippen LogP contribution in [-0.2, 0) is 4.79 Å². The molecule has 140 valence electrons. The maximum atomic E-state index is 13.1. The number of carbonyl (C=O) groups is 2. The summed E-state index contributed by atoms with van der Waals surface area (Å²) in [6.07, 6.45) is 0.820. The summed E-state index contributed by atoms with van der Waals surface area (Å²) in [6, 6.07) is 13.8. The largest absolute Gasteiger partial charge is 0.339 e. The van der Waals surface area contributed by atoms with Crippen molar-refractivity contribution in [2.24, 2.45) is 5.92 Å². The monoisotopic (exact) mass is 430 g/mol. The summed E-state index contributed by atoms with van der Waals surface area (Å²) >= 11 is 3.42. The smallest absolute Gasteiger partial charge is 0.255 e. The van der Waals surface area contributed by atoms with E-state index < -0.39 is 0 Å². The van der Waals surface area contributed by atoms with Gasteiger partial charge in [0, 0.05) is 36.6 Å². The van der Waals surface area contributed by atoms with E-state index in [1.165, 1.54) is 12.1 Å². The third-order valence-electron chi connectivity index (χ3n) is 5.39. The van der Waals surface area contributed by atoms with Crippen LogP contribution in [0, 0.1) is 11.7 Å². The zero-order chi connectivity index (χ0) is 19.0. The molecule has 27 heavy (non-hydrogen) atoms. The number of hydrogen-bond donors (Lipinski definition) is 0. The molecule has 2 atom stereocenters. The highest BCUT2D eigenvalue weighted by molar-refractivity contribution is 9.10. The number of hydrogen-bond acceptors (Lipinski definition) is 2. The van der Waals surface area contributed by atoms with E-state index in [0.717, 1.165) is 16.5 Å². The Morgan fingerprint density at radius 2 is 1.56 bits per heavy atom. The van der Waals surface area contributed by atoms with E-state index in [-0.39, 0.29) is 29.5 Å². The zero-order valence-corrected chi connectivity index (χ0v) is 16.4. The lowest BCUT2D eigenvalue weighted by Crippen LogP contribution is -2.51. The molecule has 1 saturated carbocycles. The van der Waals surface area contributed by atoms with Crippen LogP contribution in [0.2, 0.25) is 0 Å². The van der Waals surface area contributed by atoms with Crippen molar-refractivity contribution >= 4 is 27.7 Å². The minimum atomic E-state index is -0.256. The highest BCUT2D eigenvalue weighted by Gasteiger charge is 2.46. The first-order chi connectivity index (χ1) is 13.0. The first-order valence-electron chi connectivity index (χ1n) is 9.12. The predicted octanol–water partition coefficient (Wildman–Crippen LogP) is 3.68. The summed E-state index contributed by atoms with van der Waals surface area (Å²) in [5.74, 6) is 0.0645. The van der Waals surface area contributed by atoms with Crippen LogP contribution >= 0.6 is 15.9 Å². The predicted molar refractivity (Wildman–Crippen MR) is 104 cm³/mol. The third kappa shape index (κ3) is 3.76. The van der Waals surface area contributed by atoms with Crippen molar-refractivity contribution in [2.75, 3.05) is 26.2 Å². The quantitative estimate of drug-likeness (QED) is 0.744. The number of benzene rings is 2. The molecule has 2 fully saturated rings. The van der Waals surface area contributed by atoms with Gasteiger partial charge in [0.25, 0.3) is 5.91 Å². The molecular formula is C21H20BrFN2O2. The van der Waals surface area contributed by atoms with Crippen LogP contribution < -0.4 is 0 Å². The SMILES string of the molecule is O=C(c1ccccc1Br)N1CCN(C(=O)C2CC2c2ccc(F)cc2)CC1. The minimum absolute atomic E-state index is 0.00909. The van der Waals surface area contributed by atoms with Gasteiger partial charge in [0.05, 0.1) is 5.56 Å². The van der Waals surface area contributed by atoms with Crippen molar-refractivity contribution < 1.29 is 14.0 Å². The van der Waals surface area contributed by atoms with E-state index in [1.807, 2.05) is 23.1 Å². The minimum Gasteiger partial charge on any atom is -0.339 e. The molecule has 4 nitrogen and oxygen atoms in total. The van der Waals surface area contributed by atoms with Gasteiger partial charge in [0.1, 0.15) is 5.82 Å². The molecule has 1 saturated heterocycles. The van der Waals surface area contributed by atoms with Gasteiger partial charge in [-0.3, -0.25) is 9.59 Å². The molecule has 0 N–H and O–H groups in total. The molecular weight excluding hydrogens is 411 g/mol. The molecule has 2 amide bonds. The highest BCUT2D eigenvalue weighted by atomic mass is 79.9. The molecule has 1 heterocycles. The van der Waals surface area contributed by atoms with Crippen LogP contribution in [0.5, 0.6) is 0 Å². The fourth-order valence-electron chi connectivity index (χ4n) is 3.72. The Bertz CT molecular complexity index is 863. The molecule has 1 aliphatic heterocycles. The Kier molecular flexibility index (Phi) is 5.00. The second-order valence-electron chi connectivity index (χ2n) is 7.10. The van der Waals surface area contributed by atoms with Crippen molar-refractivity contribution in [3.8, 4) is 0 Å². The van der Waals surface area contributed by atoms with Crippen LogP contribution in [0.4, 0.5) is 4.39 Å². The molecule has 2 aromatic rings. The van der Waals surface area contributed by atoms with Gasteiger partial charge in [-0.05, 0) is 58.1 Å². The topological polar surface area (TPSA) is 40.6 Å². The van der Waals surface area contributed by atoms with E-state index >= 15 is 0 Å². The molecule has 6 heteroatoms. The van der Waals surface area contributed by atoms with E-state index in [2.05, 4.69) is 15.9 Å². The number of piperazine rings is 1. The summed E-state index contributed by atoms with van der Waals surface area (Å²) in [7, 11) is 0. The summed E-state index contributed by atoms with van der Waals surface area (Å²) in [5, 5.41) is 0. The third-order valence-corrected chi connectivity index (χ3v) is 6.08. The van der Waals surface area contributed by atoms with Gasteiger partial charge in [-0.2, -0.15) is 0 Å². The molecule has 2 aliphatic rings. The van der Waals surface area contributed by atoms with Crippen LogP contribution in [0.15, 0.2) is 53.0 Å². The van der Waals surface area contributed by atoms with Gasteiger partial charge in [-0.1, -0.05) is 24.3 Å². The Balaban J connectivity index is 1.33. The lowest BCUT2D eigenvalue weighted by Gasteiger charge is -2.35. The number of nitrogens with zero attached hydrogens (tertiary/aromatic N) is 2. The molecule has 0 aromatic heterocycles. The Morgan fingerprint density at radius 3 is 2.22 bits per heavy atom. The molecule has 4 rings (SSSR count). The van der Waals surface area contributed by atoms with Gasteiger partial charge in [0.15, 0.2) is 0 Å². The molecule has 2 aromatic carbocycles. The normalized spacial score (nSPS) is 21.9. The van der Waals surface area contributed by atoms with Crippen molar-refractivity contribution in [1.82, 2.24) is 9.80 Å². The number of halogens is 2. The number of carbonyl (C=O) groups excluding carboxylic acids is 2. The summed E-state index contributed by atoms with van der Waals surface area (Å²) in [4.78, 5) is 29.1. The summed E-state index contributed by atoms with van der Waals surface area (Å²) < 4.78 is 13.8. The van der Waals surface area contributed by atoms with Gasteiger partial charge in [0.2, 0.25) is 5.91 Å². The van der Waals surface area contributed by atoms with E-state index in [1.54, 1.807) is 23.1 Å². The fourth-order valence-corrected chi connectivity index (χ4v) is 4.17. The van der Waals surface area contributed by atoms with Gasteiger partial charge in [-0.25, -0.2) is 4.39 Å². The summed E-state index contributed by atoms with van der Waals surface area (Å²) in [5.41, 5.74) is 1.67. The Hall–Kier alpha value is -2.21. The Morgan fingerprint density at radius 1 is 0.926 bits per heavy atom. The van der Waals surface area contributed by atoms with Gasteiger partial charge >= 0.3 is 0 Å². The maximum Gasteiger partial charge on any atom is 0.255 e. The first kappa shape index (κ1) is 18.2. The molecule has 1 aliphatic carbocycles. The average molecular weight is 431 g/mol. The van der Waals surface area contributed by atoms with Gasteiger partial charge in [-0.15, -0.1) is 0 Å². The second-order valence-corrected chi connectivity index (χ2v) is 7.95. The standard InChI is InChI=1S/C21H20BrFN2O2/c22-19-4-2-1-3-16(19)20(26)24-9-11-25(12-10-24)21(27)18-13-17(18)14-5-7-15(23)8-6-14/h1-8,17-18H,9-13H2. The molecule has 0 radical (unpaired) electrons. The zero-order valence-electron chi connectivity index (χ0n) is 14.8. The van der Waals surface area contributed by atoms with Crippen LogP contribution in [0.3, 0.4) is 0 Å². The first-order valence-corrected chi connectivity index (χ1v) is 9.92. The lowest BCUT2D eigenvalue weighted by atomic mass is 10.1. The summed E-state index contributed by atoms with van der Waals surface area (Å²) in [6.45, 7) is 2.20. The maximum absolute atomic E-state index is 13.1. The van der Waals surface area contributed by atoms with Crippen LogP contribution in [0.25, 0.3) is 0 Å². The van der Waals surface area contributed by atoms with Gasteiger partial charge < -0.3 is 9.80 Å². The molecule has 0 spiro atoms. The number of rotatable bonds is 3.